The van der Waals surface area contributed by atoms with Gasteiger partial charge in [-0.3, -0.25) is 4.98 Å². The van der Waals surface area contributed by atoms with Gasteiger partial charge in [0.05, 0.1) is 11.2 Å². The van der Waals surface area contributed by atoms with Crippen LogP contribution >= 0.6 is 0 Å². The van der Waals surface area contributed by atoms with E-state index in [1.807, 2.05) is 36.5 Å². The van der Waals surface area contributed by atoms with E-state index in [1.54, 1.807) is 6.20 Å². The minimum atomic E-state index is 0.865. The fraction of sp³-hybridized carbons (Fsp3) is 0. The minimum absolute atomic E-state index is 0.865. The summed E-state index contributed by atoms with van der Waals surface area (Å²) in [6.45, 7) is 0. The molecule has 3 heteroatoms. The van der Waals surface area contributed by atoms with Crippen LogP contribution in [0.2, 0.25) is 0 Å². The lowest BCUT2D eigenvalue weighted by molar-refractivity contribution is 1.16. The zero-order chi connectivity index (χ0) is 13.4. The molecule has 0 atom stereocenters. The fourth-order valence-electron chi connectivity index (χ4n) is 2.53. The molecular formula is C17H10N3. The molecule has 0 aliphatic heterocycles. The molecular weight excluding hydrogens is 246 g/mol. The largest absolute Gasteiger partial charge is 0.256 e. The Labute approximate surface area is 116 Å². The summed E-state index contributed by atoms with van der Waals surface area (Å²) in [7, 11) is 0. The van der Waals surface area contributed by atoms with Gasteiger partial charge in [-0.1, -0.05) is 36.4 Å². The van der Waals surface area contributed by atoms with Crippen molar-refractivity contribution in [3.63, 3.8) is 0 Å². The Morgan fingerprint density at radius 2 is 1.85 bits per heavy atom. The molecule has 20 heavy (non-hydrogen) atoms. The van der Waals surface area contributed by atoms with Crippen molar-refractivity contribution in [3.05, 3.63) is 67.3 Å². The van der Waals surface area contributed by atoms with Crippen LogP contribution in [0.1, 0.15) is 0 Å². The van der Waals surface area contributed by atoms with Gasteiger partial charge in [0.25, 0.3) is 0 Å². The van der Waals surface area contributed by atoms with Gasteiger partial charge in [0.15, 0.2) is 6.33 Å². The molecule has 0 saturated carbocycles. The lowest BCUT2D eigenvalue weighted by Gasteiger charge is -2.08. The van der Waals surface area contributed by atoms with Gasteiger partial charge in [0, 0.05) is 28.7 Å². The summed E-state index contributed by atoms with van der Waals surface area (Å²) in [5, 5.41) is 3.44. The molecule has 4 rings (SSSR count). The van der Waals surface area contributed by atoms with Crippen LogP contribution in [0.3, 0.4) is 0 Å². The molecule has 0 aliphatic carbocycles. The maximum Gasteiger partial charge on any atom is 0.198 e. The maximum absolute atomic E-state index is 4.54. The normalized spacial score (nSPS) is 11.0. The maximum atomic E-state index is 4.54. The summed E-state index contributed by atoms with van der Waals surface area (Å²) >= 11 is 0. The van der Waals surface area contributed by atoms with E-state index >= 15 is 0 Å². The summed E-state index contributed by atoms with van der Waals surface area (Å²) in [6.07, 6.45) is 6.27. The molecule has 0 bridgehead atoms. The molecule has 2 aromatic heterocycles. The van der Waals surface area contributed by atoms with Crippen LogP contribution in [0.4, 0.5) is 0 Å². The van der Waals surface area contributed by atoms with Crippen LogP contribution in [0.25, 0.3) is 32.9 Å². The SMILES string of the molecule is [c]1nccc(-c2cccc3ncc4ccccc4c23)n1. The van der Waals surface area contributed by atoms with Crippen LogP contribution in [0.15, 0.2) is 60.9 Å². The lowest BCUT2D eigenvalue weighted by Crippen LogP contribution is -1.89. The Hall–Kier alpha value is -2.81. The van der Waals surface area contributed by atoms with Crippen molar-refractivity contribution in [1.29, 1.82) is 0 Å². The van der Waals surface area contributed by atoms with Gasteiger partial charge in [-0.25, -0.2) is 9.97 Å². The highest BCUT2D eigenvalue weighted by molar-refractivity contribution is 6.12. The van der Waals surface area contributed by atoms with E-state index in [2.05, 4.69) is 39.5 Å². The van der Waals surface area contributed by atoms with Crippen molar-refractivity contribution >= 4 is 21.7 Å². The van der Waals surface area contributed by atoms with Crippen molar-refractivity contribution in [2.24, 2.45) is 0 Å². The van der Waals surface area contributed by atoms with Crippen molar-refractivity contribution < 1.29 is 0 Å². The Bertz CT molecular complexity index is 901. The zero-order valence-electron chi connectivity index (χ0n) is 10.6. The number of benzene rings is 2. The van der Waals surface area contributed by atoms with E-state index in [4.69, 9.17) is 0 Å². The van der Waals surface area contributed by atoms with Crippen LogP contribution < -0.4 is 0 Å². The van der Waals surface area contributed by atoms with E-state index in [9.17, 15) is 0 Å². The van der Waals surface area contributed by atoms with Gasteiger partial charge in [0.1, 0.15) is 0 Å². The van der Waals surface area contributed by atoms with E-state index in [-0.39, 0.29) is 0 Å². The van der Waals surface area contributed by atoms with Gasteiger partial charge >= 0.3 is 0 Å². The quantitative estimate of drug-likeness (QED) is 0.488. The molecule has 0 fully saturated rings. The Morgan fingerprint density at radius 1 is 0.900 bits per heavy atom. The molecule has 0 amide bonds. The van der Waals surface area contributed by atoms with Gasteiger partial charge in [-0.15, -0.1) is 0 Å². The third-order valence-electron chi connectivity index (χ3n) is 3.43. The second-order valence-corrected chi connectivity index (χ2v) is 4.59. The van der Waals surface area contributed by atoms with Crippen molar-refractivity contribution in [1.82, 2.24) is 15.0 Å². The highest BCUT2D eigenvalue weighted by atomic mass is 14.8. The minimum Gasteiger partial charge on any atom is -0.256 e. The topological polar surface area (TPSA) is 38.7 Å². The third kappa shape index (κ3) is 1.64. The first-order valence-electron chi connectivity index (χ1n) is 6.39. The number of hydrogen-bond donors (Lipinski definition) is 0. The molecule has 0 aliphatic rings. The number of hydrogen-bond acceptors (Lipinski definition) is 3. The Balaban J connectivity index is 2.19. The monoisotopic (exact) mass is 256 g/mol. The smallest absolute Gasteiger partial charge is 0.198 e. The van der Waals surface area contributed by atoms with Gasteiger partial charge in [-0.05, 0) is 17.5 Å². The molecule has 1 radical (unpaired) electrons. The van der Waals surface area contributed by atoms with Gasteiger partial charge < -0.3 is 0 Å². The first-order chi connectivity index (χ1) is 9.93. The van der Waals surface area contributed by atoms with Crippen LogP contribution in [0, 0.1) is 6.33 Å². The van der Waals surface area contributed by atoms with Crippen molar-refractivity contribution in [3.8, 4) is 11.3 Å². The second kappa shape index (κ2) is 4.38. The standard InChI is InChI=1S/C17H10N3/c1-2-5-13-12(4-1)10-19-16-7-3-6-14(17(13)16)15-8-9-18-11-20-15/h1-10H. The molecule has 93 valence electrons. The summed E-state index contributed by atoms with van der Waals surface area (Å²) in [5.74, 6) is 0. The van der Waals surface area contributed by atoms with E-state index in [0.717, 1.165) is 27.5 Å². The van der Waals surface area contributed by atoms with Crippen LogP contribution in [0.5, 0.6) is 0 Å². The number of rotatable bonds is 1. The van der Waals surface area contributed by atoms with Gasteiger partial charge in [0.2, 0.25) is 0 Å². The molecule has 0 N–H and O–H groups in total. The average molecular weight is 256 g/mol. The van der Waals surface area contributed by atoms with E-state index < -0.39 is 0 Å². The van der Waals surface area contributed by atoms with Crippen LogP contribution in [-0.4, -0.2) is 15.0 Å². The molecule has 2 aromatic carbocycles. The predicted octanol–water partition coefficient (Wildman–Crippen LogP) is 3.65. The number of aromatic nitrogens is 3. The summed E-state index contributed by atoms with van der Waals surface area (Å²) in [5.41, 5.74) is 2.90. The number of nitrogens with zero attached hydrogens (tertiary/aromatic N) is 3. The molecule has 2 heterocycles. The molecule has 0 saturated heterocycles. The van der Waals surface area contributed by atoms with Crippen molar-refractivity contribution in [2.45, 2.75) is 0 Å². The zero-order valence-corrected chi connectivity index (χ0v) is 10.6. The first-order valence-corrected chi connectivity index (χ1v) is 6.39. The first kappa shape index (κ1) is 11.1. The Morgan fingerprint density at radius 3 is 2.75 bits per heavy atom. The van der Waals surface area contributed by atoms with Crippen molar-refractivity contribution in [2.75, 3.05) is 0 Å². The summed E-state index contributed by atoms with van der Waals surface area (Å²) in [4.78, 5) is 12.6. The highest BCUT2D eigenvalue weighted by Crippen LogP contribution is 2.31. The predicted molar refractivity (Wildman–Crippen MR) is 79.1 cm³/mol. The van der Waals surface area contributed by atoms with Gasteiger partial charge in [-0.2, -0.15) is 0 Å². The summed E-state index contributed by atoms with van der Waals surface area (Å²) < 4.78 is 0. The second-order valence-electron chi connectivity index (χ2n) is 4.59. The van der Waals surface area contributed by atoms with Crippen LogP contribution in [-0.2, 0) is 0 Å². The van der Waals surface area contributed by atoms with E-state index in [1.165, 1.54) is 5.39 Å². The average Bonchev–Trinajstić information content (AvgIpc) is 2.55. The highest BCUT2D eigenvalue weighted by Gasteiger charge is 2.08. The third-order valence-corrected chi connectivity index (χ3v) is 3.43. The summed E-state index contributed by atoms with van der Waals surface area (Å²) in [6, 6.07) is 16.2. The number of pyridine rings is 1. The molecule has 0 spiro atoms. The van der Waals surface area contributed by atoms with E-state index in [0.29, 0.717) is 0 Å². The molecule has 4 aromatic rings. The fourth-order valence-corrected chi connectivity index (χ4v) is 2.53. The Kier molecular flexibility index (Phi) is 2.42. The lowest BCUT2D eigenvalue weighted by atomic mass is 10.00. The number of fused-ring (bicyclic) bond motifs is 3. The molecule has 3 nitrogen and oxygen atoms in total. The molecule has 0 unspecified atom stereocenters.